The Labute approximate surface area is 163 Å². The van der Waals surface area contributed by atoms with Crippen molar-refractivity contribution in [2.24, 2.45) is 0 Å². The highest BCUT2D eigenvalue weighted by Gasteiger charge is 2.27. The quantitative estimate of drug-likeness (QED) is 0.690. The van der Waals surface area contributed by atoms with Crippen LogP contribution in [0, 0.1) is 0 Å². The fourth-order valence-corrected chi connectivity index (χ4v) is 3.88. The summed E-state index contributed by atoms with van der Waals surface area (Å²) >= 11 is 1.47. The van der Waals surface area contributed by atoms with Gasteiger partial charge in [0.2, 0.25) is 5.76 Å². The van der Waals surface area contributed by atoms with Crippen LogP contribution in [0.25, 0.3) is 10.2 Å². The molecule has 3 rings (SSSR count). The van der Waals surface area contributed by atoms with Crippen LogP contribution in [-0.4, -0.2) is 62.3 Å². The summed E-state index contributed by atoms with van der Waals surface area (Å²) in [5, 5.41) is 0.627. The zero-order chi connectivity index (χ0) is 19.2. The molecule has 0 saturated carbocycles. The van der Waals surface area contributed by atoms with Gasteiger partial charge in [0.05, 0.1) is 11.8 Å². The number of nitrogens with zero attached hydrogens (tertiary/aromatic N) is 3. The van der Waals surface area contributed by atoms with Crippen LogP contribution in [0.4, 0.5) is 5.13 Å². The van der Waals surface area contributed by atoms with E-state index < -0.39 is 0 Å². The molecule has 7 nitrogen and oxygen atoms in total. The molecule has 1 amide bonds. The van der Waals surface area contributed by atoms with Gasteiger partial charge in [-0.3, -0.25) is 9.69 Å². The summed E-state index contributed by atoms with van der Waals surface area (Å²) < 4.78 is 17.2. The zero-order valence-electron chi connectivity index (χ0n) is 15.9. The number of aromatic nitrogens is 1. The molecule has 0 saturated heterocycles. The summed E-state index contributed by atoms with van der Waals surface area (Å²) in [6.07, 6.45) is 1.39. The second kappa shape index (κ2) is 9.05. The van der Waals surface area contributed by atoms with Gasteiger partial charge in [-0.1, -0.05) is 31.3 Å². The number of likely N-dealkylation sites (N-methyl/N-ethyl adjacent to an activating group) is 1. The van der Waals surface area contributed by atoms with Crippen molar-refractivity contribution in [3.63, 3.8) is 0 Å². The van der Waals surface area contributed by atoms with Crippen molar-refractivity contribution in [1.29, 1.82) is 0 Å². The first-order valence-corrected chi connectivity index (χ1v) is 9.91. The second-order valence-corrected chi connectivity index (χ2v) is 7.00. The molecule has 0 N–H and O–H groups in total. The molecular weight excluding hydrogens is 366 g/mol. The summed E-state index contributed by atoms with van der Waals surface area (Å²) in [5.41, 5.74) is 0.760. The molecule has 0 unspecified atom stereocenters. The van der Waals surface area contributed by atoms with Gasteiger partial charge in [0.25, 0.3) is 5.91 Å². The summed E-state index contributed by atoms with van der Waals surface area (Å²) in [6.45, 7) is 8.16. The Bertz CT molecular complexity index is 816. The lowest BCUT2D eigenvalue weighted by molar-refractivity contribution is -0.119. The smallest absolute Gasteiger partial charge is 0.298 e. The number of rotatable bonds is 8. The molecule has 0 atom stereocenters. The normalized spacial score (nSPS) is 13.9. The number of methoxy groups -OCH3 is 1. The lowest BCUT2D eigenvalue weighted by Gasteiger charge is -2.26. The molecule has 0 bridgehead atoms. The molecule has 8 heteroatoms. The van der Waals surface area contributed by atoms with Gasteiger partial charge in [0.15, 0.2) is 5.13 Å². The number of anilines is 1. The molecule has 1 aliphatic rings. The van der Waals surface area contributed by atoms with Crippen molar-refractivity contribution in [3.8, 4) is 5.75 Å². The van der Waals surface area contributed by atoms with E-state index in [0.717, 1.165) is 29.9 Å². The van der Waals surface area contributed by atoms with Crippen LogP contribution in [0.3, 0.4) is 0 Å². The molecule has 0 spiro atoms. The fourth-order valence-electron chi connectivity index (χ4n) is 2.87. The lowest BCUT2D eigenvalue weighted by Crippen LogP contribution is -2.40. The maximum absolute atomic E-state index is 13.1. The number of carbonyl (C=O) groups is 1. The molecule has 2 aromatic rings. The number of benzene rings is 1. The molecule has 27 heavy (non-hydrogen) atoms. The van der Waals surface area contributed by atoms with Crippen molar-refractivity contribution >= 4 is 32.6 Å². The van der Waals surface area contributed by atoms with Gasteiger partial charge in [-0.25, -0.2) is 4.98 Å². The second-order valence-electron chi connectivity index (χ2n) is 5.99. The third-order valence-electron chi connectivity index (χ3n) is 4.46. The first kappa shape index (κ1) is 19.4. The van der Waals surface area contributed by atoms with Gasteiger partial charge in [0, 0.05) is 13.1 Å². The van der Waals surface area contributed by atoms with E-state index in [1.165, 1.54) is 17.6 Å². The minimum absolute atomic E-state index is 0.215. The van der Waals surface area contributed by atoms with E-state index in [4.69, 9.17) is 14.2 Å². The average Bonchev–Trinajstić information content (AvgIpc) is 3.15. The van der Waals surface area contributed by atoms with Gasteiger partial charge >= 0.3 is 0 Å². The van der Waals surface area contributed by atoms with Gasteiger partial charge in [-0.15, -0.1) is 0 Å². The number of amides is 1. The number of carbonyl (C=O) groups excluding carboxylic acids is 1. The monoisotopic (exact) mass is 391 g/mol. The zero-order valence-corrected chi connectivity index (χ0v) is 16.8. The Morgan fingerprint density at radius 1 is 1.26 bits per heavy atom. The molecule has 2 heterocycles. The maximum atomic E-state index is 13.1. The first-order valence-electron chi connectivity index (χ1n) is 9.10. The van der Waals surface area contributed by atoms with E-state index in [1.807, 2.05) is 18.2 Å². The number of thiazole rings is 1. The lowest BCUT2D eigenvalue weighted by atomic mass is 10.3. The Kier molecular flexibility index (Phi) is 6.52. The molecule has 0 radical (unpaired) electrons. The minimum Gasteiger partial charge on any atom is -0.494 e. The van der Waals surface area contributed by atoms with Gasteiger partial charge < -0.3 is 19.1 Å². The molecule has 1 aromatic heterocycles. The maximum Gasteiger partial charge on any atom is 0.298 e. The third-order valence-corrected chi connectivity index (χ3v) is 5.50. The van der Waals surface area contributed by atoms with Crippen LogP contribution in [-0.2, 0) is 14.3 Å². The summed E-state index contributed by atoms with van der Waals surface area (Å²) in [4.78, 5) is 21.7. The standard InChI is InChI=1S/C19H25N3O4S/c1-4-21(5-2)9-10-22(18(23)15-13-25-11-12-26-15)19-20-17-14(24-3)7-6-8-16(17)27-19/h6-8,13H,4-5,9-12H2,1-3H3. The predicted octanol–water partition coefficient (Wildman–Crippen LogP) is 2.87. The summed E-state index contributed by atoms with van der Waals surface area (Å²) in [5.74, 6) is 0.675. The topological polar surface area (TPSA) is 64.1 Å². The van der Waals surface area contributed by atoms with Crippen LogP contribution >= 0.6 is 11.3 Å². The highest BCUT2D eigenvalue weighted by Crippen LogP contribution is 2.34. The van der Waals surface area contributed by atoms with E-state index >= 15 is 0 Å². The minimum atomic E-state index is -0.236. The van der Waals surface area contributed by atoms with E-state index in [1.54, 1.807) is 12.0 Å². The SMILES string of the molecule is CCN(CC)CCN(C(=O)C1=COCCO1)c1nc2c(OC)cccc2s1. The molecule has 1 aliphatic heterocycles. The van der Waals surface area contributed by atoms with E-state index in [2.05, 4.69) is 23.7 Å². The van der Waals surface area contributed by atoms with E-state index in [-0.39, 0.29) is 11.7 Å². The van der Waals surface area contributed by atoms with Gasteiger partial charge in [-0.2, -0.15) is 0 Å². The third kappa shape index (κ3) is 4.33. The number of para-hydroxylation sites is 1. The van der Waals surface area contributed by atoms with Crippen LogP contribution in [0.1, 0.15) is 13.8 Å². The molecular formula is C19H25N3O4S. The molecule has 1 aromatic carbocycles. The van der Waals surface area contributed by atoms with Crippen molar-refractivity contribution in [2.45, 2.75) is 13.8 Å². The van der Waals surface area contributed by atoms with Crippen LogP contribution < -0.4 is 9.64 Å². The summed E-state index contributed by atoms with van der Waals surface area (Å²) in [6, 6.07) is 5.77. The Balaban J connectivity index is 1.93. The van der Waals surface area contributed by atoms with Gasteiger partial charge in [-0.05, 0) is 25.2 Å². The van der Waals surface area contributed by atoms with Crippen LogP contribution in [0.15, 0.2) is 30.2 Å². The highest BCUT2D eigenvalue weighted by atomic mass is 32.1. The summed E-state index contributed by atoms with van der Waals surface area (Å²) in [7, 11) is 1.62. The Morgan fingerprint density at radius 2 is 2.07 bits per heavy atom. The highest BCUT2D eigenvalue weighted by molar-refractivity contribution is 7.22. The van der Waals surface area contributed by atoms with Crippen molar-refractivity contribution in [1.82, 2.24) is 9.88 Å². The molecule has 0 aliphatic carbocycles. The first-order chi connectivity index (χ1) is 13.2. The predicted molar refractivity (Wildman–Crippen MR) is 106 cm³/mol. The molecule has 0 fully saturated rings. The van der Waals surface area contributed by atoms with E-state index in [9.17, 15) is 4.79 Å². The van der Waals surface area contributed by atoms with Crippen LogP contribution in [0.5, 0.6) is 5.75 Å². The fraction of sp³-hybridized carbons (Fsp3) is 0.474. The van der Waals surface area contributed by atoms with Crippen molar-refractivity contribution in [2.75, 3.05) is 51.4 Å². The Morgan fingerprint density at radius 3 is 2.74 bits per heavy atom. The Hall–Kier alpha value is -2.32. The van der Waals surface area contributed by atoms with Gasteiger partial charge in [0.1, 0.15) is 30.7 Å². The molecule has 146 valence electrons. The largest absolute Gasteiger partial charge is 0.494 e. The number of fused-ring (bicyclic) bond motifs is 1. The number of hydrogen-bond donors (Lipinski definition) is 0. The number of hydrogen-bond acceptors (Lipinski definition) is 7. The number of ether oxygens (including phenoxy) is 3. The van der Waals surface area contributed by atoms with Crippen molar-refractivity contribution < 1.29 is 19.0 Å². The van der Waals surface area contributed by atoms with Crippen LogP contribution in [0.2, 0.25) is 0 Å². The van der Waals surface area contributed by atoms with Crippen molar-refractivity contribution in [3.05, 3.63) is 30.2 Å². The van der Waals surface area contributed by atoms with E-state index in [0.29, 0.717) is 30.6 Å². The average molecular weight is 391 g/mol.